The fraction of sp³-hybridized carbons (Fsp3) is 0.176. The third kappa shape index (κ3) is 3.28. The number of aryl methyl sites for hydroxylation is 2. The topological polar surface area (TPSA) is 46.0 Å². The van der Waals surface area contributed by atoms with Crippen LogP contribution < -0.4 is 0 Å². The van der Waals surface area contributed by atoms with E-state index >= 15 is 0 Å². The van der Waals surface area contributed by atoms with Gasteiger partial charge in [-0.25, -0.2) is 9.97 Å². The zero-order valence-electron chi connectivity index (χ0n) is 11.5. The fourth-order valence-corrected chi connectivity index (χ4v) is 2.06. The van der Waals surface area contributed by atoms with E-state index in [2.05, 4.69) is 53.1 Å². The molecular weight excluding hydrogens is 260 g/mol. The van der Waals surface area contributed by atoms with Gasteiger partial charge in [0.1, 0.15) is 5.65 Å². The lowest BCUT2D eigenvalue weighted by Crippen LogP contribution is -1.81. The maximum atomic E-state index is 4.14. The number of H-pyrrole nitrogens is 1. The van der Waals surface area contributed by atoms with Crippen molar-refractivity contribution < 1.29 is 0 Å². The number of fused-ring (bicyclic) bond motifs is 2. The molecule has 0 spiro atoms. The second-order valence-electron chi connectivity index (χ2n) is 4.82. The van der Waals surface area contributed by atoms with Gasteiger partial charge in [-0.05, 0) is 49.2 Å². The molecule has 0 aliphatic carbocycles. The van der Waals surface area contributed by atoms with Crippen molar-refractivity contribution in [3.05, 3.63) is 66.4 Å². The van der Waals surface area contributed by atoms with Crippen molar-refractivity contribution in [1.82, 2.24) is 19.4 Å². The minimum Gasteiger partial charge on any atom is -0.345 e. The van der Waals surface area contributed by atoms with E-state index in [4.69, 9.17) is 0 Å². The lowest BCUT2D eigenvalue weighted by atomic mass is 10.2. The summed E-state index contributed by atoms with van der Waals surface area (Å²) in [6, 6.07) is 10.3. The third-order valence-electron chi connectivity index (χ3n) is 3.13. The first-order valence-corrected chi connectivity index (χ1v) is 6.51. The van der Waals surface area contributed by atoms with Gasteiger partial charge < -0.3 is 9.38 Å². The second kappa shape index (κ2) is 6.22. The Hall–Kier alpha value is -2.62. The Bertz CT molecular complexity index is 770. The SMILES string of the molecule is C.Cc1ccc2nc[nH]c2c1.Cc1ccn2ccnc2c1. The number of pyridine rings is 1. The molecule has 0 unspecified atom stereocenters. The predicted molar refractivity (Wildman–Crippen MR) is 87.5 cm³/mol. The van der Waals surface area contributed by atoms with Gasteiger partial charge in [-0.15, -0.1) is 0 Å². The van der Waals surface area contributed by atoms with Crippen LogP contribution in [0.2, 0.25) is 0 Å². The molecule has 4 heteroatoms. The van der Waals surface area contributed by atoms with Crippen molar-refractivity contribution in [1.29, 1.82) is 0 Å². The number of aromatic amines is 1. The van der Waals surface area contributed by atoms with Crippen molar-refractivity contribution in [3.8, 4) is 0 Å². The van der Waals surface area contributed by atoms with Crippen LogP contribution in [0.4, 0.5) is 0 Å². The molecule has 108 valence electrons. The molecule has 0 amide bonds. The van der Waals surface area contributed by atoms with Crippen molar-refractivity contribution >= 4 is 16.7 Å². The van der Waals surface area contributed by atoms with Crippen LogP contribution >= 0.6 is 0 Å². The number of benzene rings is 1. The van der Waals surface area contributed by atoms with Gasteiger partial charge in [0.05, 0.1) is 17.4 Å². The first-order valence-electron chi connectivity index (χ1n) is 6.51. The predicted octanol–water partition coefficient (Wildman–Crippen LogP) is 4.15. The van der Waals surface area contributed by atoms with E-state index in [0.717, 1.165) is 16.7 Å². The van der Waals surface area contributed by atoms with Gasteiger partial charge in [-0.3, -0.25) is 0 Å². The highest BCUT2D eigenvalue weighted by Crippen LogP contribution is 2.09. The lowest BCUT2D eigenvalue weighted by Gasteiger charge is -1.92. The Morgan fingerprint density at radius 3 is 2.62 bits per heavy atom. The Labute approximate surface area is 124 Å². The van der Waals surface area contributed by atoms with E-state index in [1.54, 1.807) is 12.5 Å². The van der Waals surface area contributed by atoms with Crippen LogP contribution in [0, 0.1) is 13.8 Å². The molecule has 4 nitrogen and oxygen atoms in total. The van der Waals surface area contributed by atoms with Crippen LogP contribution in [-0.2, 0) is 0 Å². The van der Waals surface area contributed by atoms with Gasteiger partial charge in [-0.1, -0.05) is 13.5 Å². The quantitative estimate of drug-likeness (QED) is 0.526. The molecular formula is C17H20N4. The summed E-state index contributed by atoms with van der Waals surface area (Å²) < 4.78 is 1.99. The van der Waals surface area contributed by atoms with Crippen LogP contribution in [0.25, 0.3) is 16.7 Å². The molecule has 1 aromatic carbocycles. The first kappa shape index (κ1) is 14.8. The first-order chi connectivity index (χ1) is 9.72. The molecule has 3 heterocycles. The summed E-state index contributed by atoms with van der Waals surface area (Å²) in [5, 5.41) is 0. The van der Waals surface area contributed by atoms with Crippen LogP contribution in [0.1, 0.15) is 18.6 Å². The molecule has 0 atom stereocenters. The number of hydrogen-bond donors (Lipinski definition) is 1. The molecule has 0 bridgehead atoms. The van der Waals surface area contributed by atoms with Crippen LogP contribution in [0.3, 0.4) is 0 Å². The number of hydrogen-bond acceptors (Lipinski definition) is 2. The van der Waals surface area contributed by atoms with Gasteiger partial charge in [0.2, 0.25) is 0 Å². The molecule has 0 aliphatic rings. The maximum absolute atomic E-state index is 4.14. The standard InChI is InChI=1S/2C8H8N2.CH4/c1-7-2-4-10-5-3-9-8(10)6-7;1-6-2-3-7-8(4-6)10-5-9-7;/h2-6H,1H3;2-5H,1H3,(H,9,10);1H4. The number of nitrogens with one attached hydrogen (secondary N) is 1. The summed E-state index contributed by atoms with van der Waals surface area (Å²) in [6.07, 6.45) is 7.46. The minimum atomic E-state index is 0. The van der Waals surface area contributed by atoms with E-state index in [1.807, 2.05) is 22.9 Å². The minimum absolute atomic E-state index is 0. The summed E-state index contributed by atoms with van der Waals surface area (Å²) in [7, 11) is 0. The zero-order chi connectivity index (χ0) is 13.9. The molecule has 0 radical (unpaired) electrons. The summed E-state index contributed by atoms with van der Waals surface area (Å²) in [5.74, 6) is 0. The van der Waals surface area contributed by atoms with Crippen molar-refractivity contribution in [3.63, 3.8) is 0 Å². The Morgan fingerprint density at radius 1 is 0.952 bits per heavy atom. The van der Waals surface area contributed by atoms with E-state index in [-0.39, 0.29) is 7.43 Å². The van der Waals surface area contributed by atoms with Crippen molar-refractivity contribution in [2.75, 3.05) is 0 Å². The van der Waals surface area contributed by atoms with E-state index in [9.17, 15) is 0 Å². The monoisotopic (exact) mass is 280 g/mol. The molecule has 0 saturated carbocycles. The Balaban J connectivity index is 0.000000147. The second-order valence-corrected chi connectivity index (χ2v) is 4.82. The summed E-state index contributed by atoms with van der Waals surface area (Å²) >= 11 is 0. The molecule has 1 N–H and O–H groups in total. The molecule has 0 aliphatic heterocycles. The average molecular weight is 280 g/mol. The lowest BCUT2D eigenvalue weighted by molar-refractivity contribution is 1.17. The van der Waals surface area contributed by atoms with Crippen LogP contribution in [-0.4, -0.2) is 19.4 Å². The molecule has 21 heavy (non-hydrogen) atoms. The third-order valence-corrected chi connectivity index (χ3v) is 3.13. The largest absolute Gasteiger partial charge is 0.345 e. The van der Waals surface area contributed by atoms with Gasteiger partial charge in [0, 0.05) is 18.6 Å². The van der Waals surface area contributed by atoms with E-state index < -0.39 is 0 Å². The smallest absolute Gasteiger partial charge is 0.136 e. The average Bonchev–Trinajstić information content (AvgIpc) is 3.06. The molecule has 4 rings (SSSR count). The Kier molecular flexibility index (Phi) is 4.38. The summed E-state index contributed by atoms with van der Waals surface area (Å²) in [6.45, 7) is 4.13. The van der Waals surface area contributed by atoms with Crippen molar-refractivity contribution in [2.24, 2.45) is 0 Å². The summed E-state index contributed by atoms with van der Waals surface area (Å²) in [5.41, 5.74) is 5.67. The van der Waals surface area contributed by atoms with Gasteiger partial charge in [0.15, 0.2) is 0 Å². The molecule has 4 aromatic rings. The van der Waals surface area contributed by atoms with Gasteiger partial charge in [0.25, 0.3) is 0 Å². The number of nitrogens with zero attached hydrogens (tertiary/aromatic N) is 3. The van der Waals surface area contributed by atoms with E-state index in [0.29, 0.717) is 0 Å². The fourth-order valence-electron chi connectivity index (χ4n) is 2.06. The maximum Gasteiger partial charge on any atom is 0.136 e. The zero-order valence-corrected chi connectivity index (χ0v) is 11.5. The van der Waals surface area contributed by atoms with E-state index in [1.165, 1.54) is 11.1 Å². The molecule has 0 saturated heterocycles. The van der Waals surface area contributed by atoms with Crippen LogP contribution in [0.15, 0.2) is 55.2 Å². The molecule has 3 aromatic heterocycles. The highest BCUT2D eigenvalue weighted by atomic mass is 15.0. The van der Waals surface area contributed by atoms with Gasteiger partial charge >= 0.3 is 0 Å². The Morgan fingerprint density at radius 2 is 1.76 bits per heavy atom. The summed E-state index contributed by atoms with van der Waals surface area (Å²) in [4.78, 5) is 11.3. The van der Waals surface area contributed by atoms with Gasteiger partial charge in [-0.2, -0.15) is 0 Å². The highest BCUT2D eigenvalue weighted by Gasteiger charge is 1.92. The number of imidazole rings is 2. The number of rotatable bonds is 0. The van der Waals surface area contributed by atoms with Crippen molar-refractivity contribution in [2.45, 2.75) is 21.3 Å². The normalized spacial score (nSPS) is 10.0. The van der Waals surface area contributed by atoms with Crippen LogP contribution in [0.5, 0.6) is 0 Å². The number of aromatic nitrogens is 4. The highest BCUT2D eigenvalue weighted by molar-refractivity contribution is 5.74. The molecule has 0 fully saturated rings.